The minimum Gasteiger partial charge on any atom is -0.457 e. The Balaban J connectivity index is 1.44. The fourth-order valence-electron chi connectivity index (χ4n) is 3.42. The highest BCUT2D eigenvalue weighted by Crippen LogP contribution is 2.36. The predicted octanol–water partition coefficient (Wildman–Crippen LogP) is 6.32. The summed E-state index contributed by atoms with van der Waals surface area (Å²) < 4.78 is 7.67. The molecule has 1 aliphatic rings. The second-order valence-corrected chi connectivity index (χ2v) is 8.47. The number of nitrogens with one attached hydrogen (secondary N) is 1. The number of anilines is 1. The van der Waals surface area contributed by atoms with Crippen LogP contribution in [0.25, 0.3) is 5.69 Å². The van der Waals surface area contributed by atoms with Crippen LogP contribution in [0.3, 0.4) is 0 Å². The average Bonchev–Trinajstić information content (AvgIpc) is 3.38. The molecular weight excluding hydrogens is 430 g/mol. The zero-order valence-corrected chi connectivity index (χ0v) is 18.0. The van der Waals surface area contributed by atoms with Crippen LogP contribution in [0.15, 0.2) is 78.9 Å². The number of carbonyl (C=O) groups is 1. The fraction of sp³-hybridized carbons (Fsp3) is 0.0833. The molecule has 0 atom stereocenters. The van der Waals surface area contributed by atoms with Gasteiger partial charge in [-0.3, -0.25) is 4.79 Å². The summed E-state index contributed by atoms with van der Waals surface area (Å²) in [6, 6.07) is 24.2. The molecule has 154 valence electrons. The number of carbonyl (C=O) groups excluding carboxylic acids is 1. The van der Waals surface area contributed by atoms with Crippen molar-refractivity contribution in [3.8, 4) is 17.2 Å². The number of hydrogen-bond donors (Lipinski definition) is 1. The van der Waals surface area contributed by atoms with Gasteiger partial charge in [-0.1, -0.05) is 35.9 Å². The van der Waals surface area contributed by atoms with E-state index in [0.717, 1.165) is 39.9 Å². The van der Waals surface area contributed by atoms with Crippen molar-refractivity contribution >= 4 is 35.1 Å². The summed E-state index contributed by atoms with van der Waals surface area (Å²) in [6.07, 6.45) is 0. The first-order chi connectivity index (χ1) is 15.2. The van der Waals surface area contributed by atoms with Gasteiger partial charge in [-0.15, -0.1) is 0 Å². The van der Waals surface area contributed by atoms with Gasteiger partial charge >= 0.3 is 0 Å². The Morgan fingerprint density at radius 1 is 0.968 bits per heavy atom. The molecule has 0 unspecified atom stereocenters. The van der Waals surface area contributed by atoms with Crippen molar-refractivity contribution in [1.82, 2.24) is 9.78 Å². The van der Waals surface area contributed by atoms with Crippen molar-refractivity contribution in [2.24, 2.45) is 0 Å². The lowest BCUT2D eigenvalue weighted by Crippen LogP contribution is -2.16. The second kappa shape index (κ2) is 8.49. The van der Waals surface area contributed by atoms with Crippen molar-refractivity contribution in [3.63, 3.8) is 0 Å². The number of benzene rings is 3. The molecule has 4 aromatic rings. The van der Waals surface area contributed by atoms with Crippen LogP contribution in [-0.2, 0) is 11.5 Å². The second-order valence-electron chi connectivity index (χ2n) is 7.05. The first-order valence-corrected chi connectivity index (χ1v) is 11.3. The number of rotatable bonds is 5. The maximum absolute atomic E-state index is 12.9. The monoisotopic (exact) mass is 447 g/mol. The zero-order valence-electron chi connectivity index (χ0n) is 16.4. The van der Waals surface area contributed by atoms with E-state index in [9.17, 15) is 4.79 Å². The highest BCUT2D eigenvalue weighted by atomic mass is 35.5. The fourth-order valence-corrected chi connectivity index (χ4v) is 4.64. The van der Waals surface area contributed by atoms with E-state index in [-0.39, 0.29) is 5.91 Å². The molecule has 0 spiro atoms. The van der Waals surface area contributed by atoms with Gasteiger partial charge in [0.05, 0.1) is 11.4 Å². The first kappa shape index (κ1) is 19.7. The van der Waals surface area contributed by atoms with Gasteiger partial charge in [-0.2, -0.15) is 16.9 Å². The van der Waals surface area contributed by atoms with E-state index in [4.69, 9.17) is 21.4 Å². The van der Waals surface area contributed by atoms with Crippen molar-refractivity contribution < 1.29 is 9.53 Å². The predicted molar refractivity (Wildman–Crippen MR) is 124 cm³/mol. The highest BCUT2D eigenvalue weighted by molar-refractivity contribution is 7.98. The smallest absolute Gasteiger partial charge is 0.256 e. The van der Waals surface area contributed by atoms with E-state index >= 15 is 0 Å². The van der Waals surface area contributed by atoms with Crippen LogP contribution in [0, 0.1) is 0 Å². The van der Waals surface area contributed by atoms with Crippen molar-refractivity contribution in [2.45, 2.75) is 11.5 Å². The molecule has 0 fully saturated rings. The molecule has 3 aromatic carbocycles. The molecule has 1 amide bonds. The molecule has 1 N–H and O–H groups in total. The van der Waals surface area contributed by atoms with Crippen LogP contribution in [0.5, 0.6) is 11.5 Å². The summed E-state index contributed by atoms with van der Waals surface area (Å²) in [7, 11) is 0. The summed E-state index contributed by atoms with van der Waals surface area (Å²) in [5.74, 6) is 3.64. The van der Waals surface area contributed by atoms with Crippen LogP contribution in [-0.4, -0.2) is 15.7 Å². The lowest BCUT2D eigenvalue weighted by atomic mass is 10.2. The van der Waals surface area contributed by atoms with Gasteiger partial charge in [0.15, 0.2) is 0 Å². The van der Waals surface area contributed by atoms with Gasteiger partial charge in [-0.05, 0) is 54.6 Å². The Labute approximate surface area is 189 Å². The number of hydrogen-bond acceptors (Lipinski definition) is 4. The topological polar surface area (TPSA) is 56.2 Å². The Morgan fingerprint density at radius 3 is 2.52 bits per heavy atom. The molecule has 0 saturated heterocycles. The van der Waals surface area contributed by atoms with Gasteiger partial charge in [-0.25, -0.2) is 4.68 Å². The summed E-state index contributed by atoms with van der Waals surface area (Å²) >= 11 is 7.84. The van der Waals surface area contributed by atoms with E-state index in [1.54, 1.807) is 40.7 Å². The first-order valence-electron chi connectivity index (χ1n) is 9.76. The molecule has 31 heavy (non-hydrogen) atoms. The van der Waals surface area contributed by atoms with E-state index < -0.39 is 0 Å². The van der Waals surface area contributed by atoms with Gasteiger partial charge in [0.1, 0.15) is 17.3 Å². The molecule has 0 radical (unpaired) electrons. The molecule has 1 aliphatic heterocycles. The third-order valence-electron chi connectivity index (χ3n) is 4.93. The highest BCUT2D eigenvalue weighted by Gasteiger charge is 2.25. The molecule has 2 heterocycles. The number of nitrogens with zero attached hydrogens (tertiary/aromatic N) is 2. The maximum Gasteiger partial charge on any atom is 0.256 e. The maximum atomic E-state index is 12.9. The lowest BCUT2D eigenvalue weighted by Gasteiger charge is -2.12. The summed E-state index contributed by atoms with van der Waals surface area (Å²) in [4.78, 5) is 12.9. The van der Waals surface area contributed by atoms with E-state index in [1.165, 1.54) is 0 Å². The van der Waals surface area contributed by atoms with E-state index in [1.807, 2.05) is 54.6 Å². The average molecular weight is 448 g/mol. The summed E-state index contributed by atoms with van der Waals surface area (Å²) in [5.41, 5.74) is 3.41. The van der Waals surface area contributed by atoms with Crippen LogP contribution in [0.4, 0.5) is 5.82 Å². The molecule has 5 rings (SSSR count). The third-order valence-corrected chi connectivity index (χ3v) is 6.14. The Morgan fingerprint density at radius 2 is 1.74 bits per heavy atom. The number of ether oxygens (including phenoxy) is 1. The van der Waals surface area contributed by atoms with Crippen LogP contribution < -0.4 is 10.1 Å². The SMILES string of the molecule is O=C(Nc1c2c(nn1-c1ccc(Oc3ccccc3)cc1)CSC2)c1cccc(Cl)c1. The molecule has 5 nitrogen and oxygen atoms in total. The molecule has 0 aliphatic carbocycles. The zero-order chi connectivity index (χ0) is 21.2. The molecular formula is C24H18ClN3O2S. The Hall–Kier alpha value is -3.22. The summed E-state index contributed by atoms with van der Waals surface area (Å²) in [5, 5.41) is 8.32. The van der Waals surface area contributed by atoms with Crippen molar-refractivity contribution in [2.75, 3.05) is 5.32 Å². The van der Waals surface area contributed by atoms with Gasteiger partial charge in [0.2, 0.25) is 0 Å². The number of thioether (sulfide) groups is 1. The molecule has 7 heteroatoms. The number of halogens is 1. The van der Waals surface area contributed by atoms with Crippen LogP contribution >= 0.6 is 23.4 Å². The largest absolute Gasteiger partial charge is 0.457 e. The number of amides is 1. The Bertz CT molecular complexity index is 1240. The number of para-hydroxylation sites is 1. The van der Waals surface area contributed by atoms with Gasteiger partial charge in [0, 0.05) is 27.7 Å². The lowest BCUT2D eigenvalue weighted by molar-refractivity contribution is 0.102. The number of aromatic nitrogens is 2. The third kappa shape index (κ3) is 4.17. The molecule has 1 aromatic heterocycles. The summed E-state index contributed by atoms with van der Waals surface area (Å²) in [6.45, 7) is 0. The quantitative estimate of drug-likeness (QED) is 0.389. The normalized spacial score (nSPS) is 12.4. The van der Waals surface area contributed by atoms with Gasteiger partial charge in [0.25, 0.3) is 5.91 Å². The van der Waals surface area contributed by atoms with Crippen LogP contribution in [0.2, 0.25) is 5.02 Å². The standard InChI is InChI=1S/C24H18ClN3O2S/c25-17-6-4-5-16(13-17)24(29)26-23-21-14-31-15-22(21)27-28(23)18-9-11-20(12-10-18)30-19-7-2-1-3-8-19/h1-13H,14-15H2,(H,26,29). The van der Waals surface area contributed by atoms with Crippen molar-refractivity contribution in [1.29, 1.82) is 0 Å². The van der Waals surface area contributed by atoms with Gasteiger partial charge < -0.3 is 10.1 Å². The molecule has 0 saturated carbocycles. The number of fused-ring (bicyclic) bond motifs is 1. The van der Waals surface area contributed by atoms with E-state index in [0.29, 0.717) is 16.4 Å². The van der Waals surface area contributed by atoms with Crippen LogP contribution in [0.1, 0.15) is 21.6 Å². The minimum absolute atomic E-state index is 0.215. The van der Waals surface area contributed by atoms with Crippen molar-refractivity contribution in [3.05, 3.63) is 101 Å². The Kier molecular flexibility index (Phi) is 5.40. The minimum atomic E-state index is -0.215. The molecule has 0 bridgehead atoms. The van der Waals surface area contributed by atoms with E-state index in [2.05, 4.69) is 5.32 Å².